The van der Waals surface area contributed by atoms with Gasteiger partial charge in [0.2, 0.25) is 0 Å². The van der Waals surface area contributed by atoms with Gasteiger partial charge in [-0.05, 0) is 95.4 Å². The fourth-order valence-electron chi connectivity index (χ4n) is 7.39. The van der Waals surface area contributed by atoms with Gasteiger partial charge in [0.25, 0.3) is 0 Å². The molecule has 1 aliphatic rings. The first-order valence-corrected chi connectivity index (χ1v) is 18.6. The van der Waals surface area contributed by atoms with Gasteiger partial charge in [0.1, 0.15) is 5.78 Å². The van der Waals surface area contributed by atoms with E-state index < -0.39 is 40.4 Å². The molecule has 0 amide bonds. The second kappa shape index (κ2) is 19.6. The number of hydrogen-bond acceptors (Lipinski definition) is 12. The lowest BCUT2D eigenvalue weighted by Gasteiger charge is -2.35. The Labute approximate surface area is 343 Å². The number of rotatable bonds is 19. The molecule has 0 spiro atoms. The van der Waals surface area contributed by atoms with Crippen LogP contribution in [0.1, 0.15) is 35.1 Å². The second-order valence-electron chi connectivity index (χ2n) is 13.6. The smallest absolute Gasteiger partial charge is 0.167 e. The molecule has 4 aromatic rings. The van der Waals surface area contributed by atoms with Crippen LogP contribution in [0, 0.1) is 11.8 Å². The molecule has 12 heteroatoms. The fraction of sp³-hybridized carbons (Fsp3) is 0.277. The third kappa shape index (κ3) is 9.50. The highest BCUT2D eigenvalue weighted by atomic mass is 16.5. The Morgan fingerprint density at radius 2 is 0.864 bits per heavy atom. The third-order valence-electron chi connectivity index (χ3n) is 10.4. The SMILES string of the molecule is COc1ccc(/C=C/C(=O)C2CC(c3ccc(OC)c(OC)c3)(C(C(=O)/C=C/c3ccc(OC)c(OC)c3)C(=O)/C=C/c3ccc(OC)c(OC)c3)CC2=O)cc1OC. The highest BCUT2D eigenvalue weighted by molar-refractivity contribution is 6.17. The summed E-state index contributed by atoms with van der Waals surface area (Å²) < 4.78 is 43.5. The molecule has 0 bridgehead atoms. The summed E-state index contributed by atoms with van der Waals surface area (Å²) in [5, 5.41) is 0. The van der Waals surface area contributed by atoms with Crippen LogP contribution in [0.2, 0.25) is 0 Å². The van der Waals surface area contributed by atoms with E-state index in [4.69, 9.17) is 37.9 Å². The summed E-state index contributed by atoms with van der Waals surface area (Å²) in [5.74, 6) is -1.12. The summed E-state index contributed by atoms with van der Waals surface area (Å²) >= 11 is 0. The zero-order valence-corrected chi connectivity index (χ0v) is 34.4. The minimum atomic E-state index is -1.49. The summed E-state index contributed by atoms with van der Waals surface area (Å²) in [5.41, 5.74) is 0.787. The van der Waals surface area contributed by atoms with Crippen LogP contribution in [0.3, 0.4) is 0 Å². The normalized spacial score (nSPS) is 16.4. The molecule has 0 aliphatic heterocycles. The summed E-state index contributed by atoms with van der Waals surface area (Å²) in [6.07, 6.45) is 8.24. The molecule has 0 saturated heterocycles. The molecule has 12 nitrogen and oxygen atoms in total. The van der Waals surface area contributed by atoms with Gasteiger partial charge in [-0.1, -0.05) is 42.5 Å². The molecule has 2 unspecified atom stereocenters. The lowest BCUT2D eigenvalue weighted by Crippen LogP contribution is -2.42. The van der Waals surface area contributed by atoms with Gasteiger partial charge in [0.15, 0.2) is 63.3 Å². The first-order chi connectivity index (χ1) is 28.5. The summed E-state index contributed by atoms with van der Waals surface area (Å²) in [7, 11) is 12.0. The van der Waals surface area contributed by atoms with Crippen molar-refractivity contribution in [2.75, 3.05) is 56.9 Å². The van der Waals surface area contributed by atoms with Crippen molar-refractivity contribution in [3.05, 3.63) is 113 Å². The van der Waals surface area contributed by atoms with Crippen molar-refractivity contribution in [2.24, 2.45) is 11.8 Å². The maximum absolute atomic E-state index is 14.8. The Kier molecular flexibility index (Phi) is 14.4. The number of carbonyl (C=O) groups is 4. The maximum Gasteiger partial charge on any atom is 0.167 e. The predicted molar refractivity (Wildman–Crippen MR) is 223 cm³/mol. The van der Waals surface area contributed by atoms with Crippen molar-refractivity contribution < 1.29 is 57.1 Å². The quantitative estimate of drug-likeness (QED) is 0.0687. The first kappa shape index (κ1) is 43.3. The lowest BCUT2D eigenvalue weighted by molar-refractivity contribution is -0.131. The lowest BCUT2D eigenvalue weighted by atomic mass is 9.64. The largest absolute Gasteiger partial charge is 0.493 e. The summed E-state index contributed by atoms with van der Waals surface area (Å²) in [4.78, 5) is 57.7. The number of benzene rings is 4. The number of allylic oxidation sites excluding steroid dienone is 3. The standard InChI is InChI=1S/C47H48O12/c1-52-38-19-12-29(23-42(38)56-5)9-16-34(48)33-27-47(28-37(33)51,32-15-22-41(55-4)45(26-32)59-8)46(35(49)17-10-30-13-20-39(53-2)43(24-30)57-6)36(50)18-11-31-14-21-40(54-3)44(25-31)58-7/h9-26,33,46H,27-28H2,1-8H3/b16-9+,17-10+,18-11+. The molecule has 59 heavy (non-hydrogen) atoms. The van der Waals surface area contributed by atoms with Gasteiger partial charge in [-0.2, -0.15) is 0 Å². The van der Waals surface area contributed by atoms with E-state index in [-0.39, 0.29) is 12.8 Å². The van der Waals surface area contributed by atoms with Crippen LogP contribution >= 0.6 is 0 Å². The molecule has 1 aliphatic carbocycles. The number of Topliss-reactive ketones (excluding diaryl/α,β-unsaturated/α-hetero) is 1. The number of ketones is 4. The van der Waals surface area contributed by atoms with Crippen LogP contribution in [0.15, 0.2) is 91.0 Å². The number of ether oxygens (including phenoxy) is 8. The molecule has 2 atom stereocenters. The Morgan fingerprint density at radius 3 is 1.25 bits per heavy atom. The van der Waals surface area contributed by atoms with Gasteiger partial charge in [-0.3, -0.25) is 19.2 Å². The second-order valence-corrected chi connectivity index (χ2v) is 13.6. The molecule has 0 heterocycles. The van der Waals surface area contributed by atoms with Gasteiger partial charge < -0.3 is 37.9 Å². The highest BCUT2D eigenvalue weighted by Gasteiger charge is 2.56. The molecule has 5 rings (SSSR count). The Bertz CT molecular complexity index is 2210. The van der Waals surface area contributed by atoms with Gasteiger partial charge in [0.05, 0.1) is 68.7 Å². The summed E-state index contributed by atoms with van der Waals surface area (Å²) in [6, 6.07) is 20.4. The fourth-order valence-corrected chi connectivity index (χ4v) is 7.39. The van der Waals surface area contributed by atoms with E-state index >= 15 is 0 Å². The first-order valence-electron chi connectivity index (χ1n) is 18.6. The van der Waals surface area contributed by atoms with Crippen molar-refractivity contribution in [1.29, 1.82) is 0 Å². The molecular weight excluding hydrogens is 757 g/mol. The Balaban J connectivity index is 1.64. The van der Waals surface area contributed by atoms with E-state index in [1.54, 1.807) is 91.0 Å². The number of hydrogen-bond donors (Lipinski definition) is 0. The van der Waals surface area contributed by atoms with Crippen LogP contribution in [-0.2, 0) is 24.6 Å². The van der Waals surface area contributed by atoms with E-state index in [2.05, 4.69) is 0 Å². The van der Waals surface area contributed by atoms with E-state index in [0.717, 1.165) is 0 Å². The zero-order chi connectivity index (χ0) is 42.7. The molecule has 1 fully saturated rings. The van der Waals surface area contributed by atoms with Gasteiger partial charge in [-0.15, -0.1) is 0 Å². The van der Waals surface area contributed by atoms with Crippen molar-refractivity contribution in [1.82, 2.24) is 0 Å². The topological polar surface area (TPSA) is 142 Å². The van der Waals surface area contributed by atoms with Crippen molar-refractivity contribution in [3.8, 4) is 46.0 Å². The highest BCUT2D eigenvalue weighted by Crippen LogP contribution is 2.51. The van der Waals surface area contributed by atoms with E-state index in [0.29, 0.717) is 68.2 Å². The molecular formula is C47H48O12. The third-order valence-corrected chi connectivity index (χ3v) is 10.4. The van der Waals surface area contributed by atoms with E-state index in [9.17, 15) is 19.2 Å². The predicted octanol–water partition coefficient (Wildman–Crippen LogP) is 7.44. The van der Waals surface area contributed by atoms with Crippen LogP contribution < -0.4 is 37.9 Å². The summed E-state index contributed by atoms with van der Waals surface area (Å²) in [6.45, 7) is 0. The van der Waals surface area contributed by atoms with Crippen molar-refractivity contribution >= 4 is 41.4 Å². The van der Waals surface area contributed by atoms with E-state index in [1.165, 1.54) is 75.1 Å². The van der Waals surface area contributed by atoms with Crippen LogP contribution in [0.25, 0.3) is 18.2 Å². The van der Waals surface area contributed by atoms with Gasteiger partial charge in [0, 0.05) is 11.8 Å². The molecule has 1 saturated carbocycles. The zero-order valence-electron chi connectivity index (χ0n) is 34.4. The molecule has 0 N–H and O–H groups in total. The van der Waals surface area contributed by atoms with Gasteiger partial charge >= 0.3 is 0 Å². The van der Waals surface area contributed by atoms with E-state index in [1.807, 2.05) is 0 Å². The van der Waals surface area contributed by atoms with Crippen LogP contribution in [0.5, 0.6) is 46.0 Å². The van der Waals surface area contributed by atoms with Gasteiger partial charge in [-0.25, -0.2) is 0 Å². The maximum atomic E-state index is 14.8. The number of carbonyl (C=O) groups excluding carboxylic acids is 4. The molecule has 0 aromatic heterocycles. The average molecular weight is 805 g/mol. The minimum absolute atomic E-state index is 0.146. The average Bonchev–Trinajstić information content (AvgIpc) is 3.62. The van der Waals surface area contributed by atoms with Crippen molar-refractivity contribution in [3.63, 3.8) is 0 Å². The Hall–Kier alpha value is -6.82. The van der Waals surface area contributed by atoms with Crippen LogP contribution in [-0.4, -0.2) is 80.0 Å². The minimum Gasteiger partial charge on any atom is -0.493 e. The monoisotopic (exact) mass is 804 g/mol. The molecule has 308 valence electrons. The van der Waals surface area contributed by atoms with Crippen molar-refractivity contribution in [2.45, 2.75) is 18.3 Å². The number of methoxy groups -OCH3 is 8. The van der Waals surface area contributed by atoms with Crippen LogP contribution in [0.4, 0.5) is 0 Å². The molecule has 4 aromatic carbocycles. The Morgan fingerprint density at radius 1 is 0.508 bits per heavy atom. The molecule has 0 radical (unpaired) electrons.